The summed E-state index contributed by atoms with van der Waals surface area (Å²) >= 11 is 1.73. The van der Waals surface area contributed by atoms with Crippen molar-refractivity contribution in [3.05, 3.63) is 48.0 Å². The van der Waals surface area contributed by atoms with E-state index < -0.39 is 23.3 Å². The van der Waals surface area contributed by atoms with E-state index in [2.05, 4.69) is 10.2 Å². The van der Waals surface area contributed by atoms with Gasteiger partial charge in [0.05, 0.1) is 11.7 Å². The lowest BCUT2D eigenvalue weighted by Crippen LogP contribution is -2.73. The Labute approximate surface area is 182 Å². The van der Waals surface area contributed by atoms with Gasteiger partial charge < -0.3 is 14.4 Å². The molecule has 4 amide bonds. The molecular formula is C22H19N3O5S. The minimum absolute atomic E-state index is 0.0897. The average Bonchev–Trinajstić information content (AvgIpc) is 3.26. The van der Waals surface area contributed by atoms with Crippen LogP contribution >= 0.6 is 11.8 Å². The van der Waals surface area contributed by atoms with Gasteiger partial charge in [-0.15, -0.1) is 0 Å². The number of rotatable bonds is 1. The molecule has 2 aromatic carbocycles. The van der Waals surface area contributed by atoms with Crippen molar-refractivity contribution in [2.24, 2.45) is 5.41 Å². The average molecular weight is 437 g/mol. The number of nitrogens with one attached hydrogen (secondary N) is 1. The van der Waals surface area contributed by atoms with Gasteiger partial charge in [-0.2, -0.15) is 11.8 Å². The fourth-order valence-electron chi connectivity index (χ4n) is 5.02. The highest BCUT2D eigenvalue weighted by Crippen LogP contribution is 2.47. The number of imide groups is 2. The van der Waals surface area contributed by atoms with Crippen LogP contribution in [0.3, 0.4) is 0 Å². The molecular weight excluding hydrogens is 418 g/mol. The number of hydrogen-bond donors (Lipinski definition) is 1. The first-order chi connectivity index (χ1) is 15.1. The van der Waals surface area contributed by atoms with E-state index in [0.717, 1.165) is 28.4 Å². The minimum Gasteiger partial charge on any atom is -0.454 e. The molecule has 2 atom stereocenters. The van der Waals surface area contributed by atoms with Crippen molar-refractivity contribution in [3.8, 4) is 11.5 Å². The number of carbonyl (C=O) groups excluding carboxylic acids is 3. The predicted molar refractivity (Wildman–Crippen MR) is 115 cm³/mol. The number of amides is 4. The summed E-state index contributed by atoms with van der Waals surface area (Å²) in [5.74, 6) is 1.56. The number of carbonyl (C=O) groups is 3. The van der Waals surface area contributed by atoms with Crippen LogP contribution in [-0.2, 0) is 16.0 Å². The van der Waals surface area contributed by atoms with Gasteiger partial charge in [-0.1, -0.05) is 18.2 Å². The Morgan fingerprint density at radius 1 is 1.06 bits per heavy atom. The van der Waals surface area contributed by atoms with Crippen molar-refractivity contribution < 1.29 is 23.9 Å². The molecule has 2 fully saturated rings. The van der Waals surface area contributed by atoms with E-state index in [4.69, 9.17) is 9.47 Å². The van der Waals surface area contributed by atoms with E-state index in [9.17, 15) is 14.4 Å². The van der Waals surface area contributed by atoms with E-state index in [-0.39, 0.29) is 19.3 Å². The largest absolute Gasteiger partial charge is 0.454 e. The van der Waals surface area contributed by atoms with Crippen molar-refractivity contribution in [1.29, 1.82) is 0 Å². The fourth-order valence-corrected chi connectivity index (χ4v) is 6.20. The zero-order valence-corrected chi connectivity index (χ0v) is 17.3. The monoisotopic (exact) mass is 437 g/mol. The molecule has 1 spiro atoms. The van der Waals surface area contributed by atoms with Crippen LogP contribution < -0.4 is 24.6 Å². The van der Waals surface area contributed by atoms with Crippen LogP contribution in [0.1, 0.15) is 5.56 Å². The molecule has 8 nitrogen and oxygen atoms in total. The summed E-state index contributed by atoms with van der Waals surface area (Å²) in [6.45, 7) is 0.832. The normalized spacial score (nSPS) is 26.6. The second kappa shape index (κ2) is 6.65. The van der Waals surface area contributed by atoms with E-state index in [0.29, 0.717) is 22.9 Å². The lowest BCUT2D eigenvalue weighted by atomic mass is 9.69. The Balaban J connectivity index is 1.48. The van der Waals surface area contributed by atoms with Gasteiger partial charge >= 0.3 is 6.03 Å². The van der Waals surface area contributed by atoms with Crippen LogP contribution in [0.25, 0.3) is 0 Å². The lowest BCUT2D eigenvalue weighted by Gasteiger charge is -2.53. The maximum Gasteiger partial charge on any atom is 0.335 e. The first-order valence-electron chi connectivity index (χ1n) is 10.1. The maximum atomic E-state index is 14.0. The number of hydrogen-bond acceptors (Lipinski definition) is 7. The number of nitrogens with zero attached hydrogens (tertiary/aromatic N) is 2. The number of ether oxygens (including phenoxy) is 2. The zero-order valence-electron chi connectivity index (χ0n) is 16.5. The number of thioether (sulfide) groups is 1. The van der Waals surface area contributed by atoms with Gasteiger partial charge in [0, 0.05) is 29.8 Å². The molecule has 4 heterocycles. The van der Waals surface area contributed by atoms with E-state index >= 15 is 0 Å². The van der Waals surface area contributed by atoms with Gasteiger partial charge in [-0.3, -0.25) is 14.9 Å². The minimum atomic E-state index is -1.38. The molecule has 0 bridgehead atoms. The van der Waals surface area contributed by atoms with Gasteiger partial charge in [0.2, 0.25) is 12.7 Å². The molecule has 158 valence electrons. The molecule has 4 aliphatic rings. The Hall–Kier alpha value is -3.20. The summed E-state index contributed by atoms with van der Waals surface area (Å²) in [6.07, 6.45) is 0.254. The number of anilines is 2. The molecule has 2 saturated heterocycles. The summed E-state index contributed by atoms with van der Waals surface area (Å²) in [6, 6.07) is 11.7. The number of urea groups is 1. The van der Waals surface area contributed by atoms with Crippen molar-refractivity contribution in [2.75, 3.05) is 34.6 Å². The molecule has 2 aromatic rings. The SMILES string of the molecule is O=C1NC(=O)[C@]2(Cc3ccccc3N3CCSC[C@H]32)C(=O)N1c1ccc2c(c1)OCO2. The smallest absolute Gasteiger partial charge is 0.335 e. The van der Waals surface area contributed by atoms with E-state index in [1.165, 1.54) is 0 Å². The molecule has 4 aliphatic heterocycles. The lowest BCUT2D eigenvalue weighted by molar-refractivity contribution is -0.144. The van der Waals surface area contributed by atoms with Crippen LogP contribution in [0, 0.1) is 5.41 Å². The van der Waals surface area contributed by atoms with Gasteiger partial charge in [-0.25, -0.2) is 9.69 Å². The number of fused-ring (bicyclic) bond motifs is 5. The van der Waals surface area contributed by atoms with Gasteiger partial charge in [-0.05, 0) is 30.2 Å². The number of barbiturate groups is 1. The summed E-state index contributed by atoms with van der Waals surface area (Å²) < 4.78 is 10.8. The van der Waals surface area contributed by atoms with Crippen molar-refractivity contribution in [1.82, 2.24) is 5.32 Å². The van der Waals surface area contributed by atoms with Gasteiger partial charge in [0.1, 0.15) is 0 Å². The van der Waals surface area contributed by atoms with Crippen molar-refractivity contribution in [3.63, 3.8) is 0 Å². The molecule has 1 N–H and O–H groups in total. The Kier molecular flexibility index (Phi) is 3.98. The van der Waals surface area contributed by atoms with Gasteiger partial charge in [0.15, 0.2) is 16.9 Å². The summed E-state index contributed by atoms with van der Waals surface area (Å²) in [4.78, 5) is 43.5. The van der Waals surface area contributed by atoms with Gasteiger partial charge in [0.25, 0.3) is 5.91 Å². The molecule has 6 rings (SSSR count). The standard InChI is InChI=1S/C22H19N3O5S/c26-19-22(10-13-3-1-2-4-15(13)24-7-8-31-11-18(22)24)20(27)25(21(28)23-19)14-5-6-16-17(9-14)30-12-29-16/h1-6,9,18H,7-8,10-12H2,(H,23,26,28)/t18-,22+/m0/s1. The van der Waals surface area contributed by atoms with Crippen molar-refractivity contribution in [2.45, 2.75) is 12.5 Å². The first kappa shape index (κ1) is 18.6. The second-order valence-corrected chi connectivity index (χ2v) is 9.15. The molecule has 0 unspecified atom stereocenters. The van der Waals surface area contributed by atoms with Crippen LogP contribution in [-0.4, -0.2) is 48.7 Å². The molecule has 31 heavy (non-hydrogen) atoms. The molecule has 0 radical (unpaired) electrons. The third-order valence-electron chi connectivity index (χ3n) is 6.50. The van der Waals surface area contributed by atoms with E-state index in [1.807, 2.05) is 24.3 Å². The van der Waals surface area contributed by atoms with Crippen molar-refractivity contribution >= 4 is 41.0 Å². The number of benzene rings is 2. The topological polar surface area (TPSA) is 88.2 Å². The van der Waals surface area contributed by atoms with Crippen LogP contribution in [0.4, 0.5) is 16.2 Å². The highest BCUT2D eigenvalue weighted by atomic mass is 32.2. The quantitative estimate of drug-likeness (QED) is 0.684. The Bertz CT molecular complexity index is 1140. The zero-order chi connectivity index (χ0) is 21.2. The third-order valence-corrected chi connectivity index (χ3v) is 7.52. The summed E-state index contributed by atoms with van der Waals surface area (Å²) in [7, 11) is 0. The van der Waals surface area contributed by atoms with Crippen LogP contribution in [0.15, 0.2) is 42.5 Å². The van der Waals surface area contributed by atoms with E-state index in [1.54, 1.807) is 30.0 Å². The molecule has 0 saturated carbocycles. The highest BCUT2D eigenvalue weighted by molar-refractivity contribution is 7.99. The second-order valence-electron chi connectivity index (χ2n) is 8.00. The first-order valence-corrected chi connectivity index (χ1v) is 11.3. The predicted octanol–water partition coefficient (Wildman–Crippen LogP) is 2.16. The Morgan fingerprint density at radius 2 is 1.90 bits per heavy atom. The third kappa shape index (κ3) is 2.52. The Morgan fingerprint density at radius 3 is 2.81 bits per heavy atom. The fraction of sp³-hybridized carbons (Fsp3) is 0.318. The molecule has 9 heteroatoms. The molecule has 0 aliphatic carbocycles. The number of para-hydroxylation sites is 1. The van der Waals surface area contributed by atoms with Crippen LogP contribution in [0.5, 0.6) is 11.5 Å². The summed E-state index contributed by atoms with van der Waals surface area (Å²) in [5.41, 5.74) is 0.971. The molecule has 0 aromatic heterocycles. The highest BCUT2D eigenvalue weighted by Gasteiger charge is 2.62. The van der Waals surface area contributed by atoms with Crippen LogP contribution in [0.2, 0.25) is 0 Å². The maximum absolute atomic E-state index is 14.0. The summed E-state index contributed by atoms with van der Waals surface area (Å²) in [5, 5.41) is 2.47.